The predicted octanol–water partition coefficient (Wildman–Crippen LogP) is 6.31. The van der Waals surface area contributed by atoms with Crippen molar-refractivity contribution in [3.05, 3.63) is 71.0 Å². The quantitative estimate of drug-likeness (QED) is 0.389. The van der Waals surface area contributed by atoms with E-state index < -0.39 is 11.7 Å². The molecule has 30 heavy (non-hydrogen) atoms. The minimum Gasteiger partial charge on any atom is -0.483 e. The van der Waals surface area contributed by atoms with Crippen molar-refractivity contribution in [2.24, 2.45) is 0 Å². The van der Waals surface area contributed by atoms with Gasteiger partial charge in [0.05, 0.1) is 5.56 Å². The lowest BCUT2D eigenvalue weighted by Gasteiger charge is -2.16. The number of alkyl halides is 3. The summed E-state index contributed by atoms with van der Waals surface area (Å²) >= 11 is 1.36. The predicted molar refractivity (Wildman–Crippen MR) is 112 cm³/mol. The molecule has 2 aromatic carbocycles. The molecule has 1 atom stereocenters. The van der Waals surface area contributed by atoms with E-state index in [1.54, 1.807) is 6.07 Å². The van der Waals surface area contributed by atoms with Crippen molar-refractivity contribution in [3.63, 3.8) is 0 Å². The van der Waals surface area contributed by atoms with Gasteiger partial charge < -0.3 is 9.30 Å². The normalized spacial score (nSPS) is 12.7. The molecule has 8 heteroatoms. The van der Waals surface area contributed by atoms with Gasteiger partial charge in [0.2, 0.25) is 0 Å². The SMILES string of the molecule is CCc1ccc(OC(C)c2nnc(SCc3cccc(C(F)(F)F)c3)n2CC)cc1. The number of nitrogens with zero attached hydrogens (tertiary/aromatic N) is 3. The Labute approximate surface area is 178 Å². The highest BCUT2D eigenvalue weighted by Gasteiger charge is 2.30. The zero-order chi connectivity index (χ0) is 21.7. The molecule has 1 aromatic heterocycles. The second-order valence-electron chi connectivity index (χ2n) is 6.83. The Kier molecular flexibility index (Phi) is 7.07. The largest absolute Gasteiger partial charge is 0.483 e. The van der Waals surface area contributed by atoms with Gasteiger partial charge in [0.25, 0.3) is 0 Å². The van der Waals surface area contributed by atoms with Crippen LogP contribution in [0.2, 0.25) is 0 Å². The first-order valence-electron chi connectivity index (χ1n) is 9.79. The van der Waals surface area contributed by atoms with Crippen molar-refractivity contribution >= 4 is 11.8 Å². The summed E-state index contributed by atoms with van der Waals surface area (Å²) in [6.07, 6.45) is -3.70. The average Bonchev–Trinajstić information content (AvgIpc) is 3.15. The van der Waals surface area contributed by atoms with Crippen molar-refractivity contribution in [1.82, 2.24) is 14.8 Å². The molecule has 0 aliphatic heterocycles. The Morgan fingerprint density at radius 2 is 1.77 bits per heavy atom. The monoisotopic (exact) mass is 435 g/mol. The van der Waals surface area contributed by atoms with E-state index in [9.17, 15) is 13.2 Å². The topological polar surface area (TPSA) is 39.9 Å². The third-order valence-corrected chi connectivity index (χ3v) is 5.73. The summed E-state index contributed by atoms with van der Waals surface area (Å²) in [6, 6.07) is 13.3. The smallest absolute Gasteiger partial charge is 0.416 e. The maximum atomic E-state index is 12.9. The Morgan fingerprint density at radius 1 is 1.03 bits per heavy atom. The molecule has 1 heterocycles. The summed E-state index contributed by atoms with van der Waals surface area (Å²) in [5.41, 5.74) is 1.18. The number of hydrogen-bond acceptors (Lipinski definition) is 4. The standard InChI is InChI=1S/C22H24F3N3OS/c1-4-16-9-11-19(12-10-16)29-15(3)20-26-27-21(28(20)5-2)30-14-17-7-6-8-18(13-17)22(23,24)25/h6-13,15H,4-5,14H2,1-3H3. The Morgan fingerprint density at radius 3 is 2.40 bits per heavy atom. The highest BCUT2D eigenvalue weighted by molar-refractivity contribution is 7.98. The van der Waals surface area contributed by atoms with Crippen molar-refractivity contribution in [2.75, 3.05) is 0 Å². The van der Waals surface area contributed by atoms with Gasteiger partial charge in [0.1, 0.15) is 5.75 Å². The van der Waals surface area contributed by atoms with Crippen molar-refractivity contribution in [3.8, 4) is 5.75 Å². The fourth-order valence-corrected chi connectivity index (χ4v) is 4.00. The van der Waals surface area contributed by atoms with Crippen molar-refractivity contribution in [1.29, 1.82) is 0 Å². The second kappa shape index (κ2) is 9.55. The Bertz CT molecular complexity index is 971. The third kappa shape index (κ3) is 5.36. The number of thioether (sulfide) groups is 1. The lowest BCUT2D eigenvalue weighted by molar-refractivity contribution is -0.137. The Hall–Kier alpha value is -2.48. The van der Waals surface area contributed by atoms with Crippen LogP contribution in [0.4, 0.5) is 13.2 Å². The molecule has 0 aliphatic carbocycles. The summed E-state index contributed by atoms with van der Waals surface area (Å²) in [5, 5.41) is 9.16. The molecule has 0 aliphatic rings. The summed E-state index contributed by atoms with van der Waals surface area (Å²) in [7, 11) is 0. The van der Waals surface area contributed by atoms with E-state index in [0.717, 1.165) is 18.2 Å². The minimum absolute atomic E-state index is 0.312. The van der Waals surface area contributed by atoms with Gasteiger partial charge in [-0.15, -0.1) is 10.2 Å². The molecule has 3 rings (SSSR count). The summed E-state index contributed by atoms with van der Waals surface area (Å²) in [5.74, 6) is 1.81. The van der Waals surface area contributed by atoms with Crippen LogP contribution in [0.15, 0.2) is 53.7 Å². The molecule has 0 radical (unpaired) electrons. The molecule has 1 unspecified atom stereocenters. The van der Waals surface area contributed by atoms with Crippen LogP contribution in [0.1, 0.15) is 49.4 Å². The van der Waals surface area contributed by atoms with Crippen LogP contribution in [0.25, 0.3) is 0 Å². The summed E-state index contributed by atoms with van der Waals surface area (Å²) in [4.78, 5) is 0. The van der Waals surface area contributed by atoms with Crippen LogP contribution in [0, 0.1) is 0 Å². The molecule has 0 amide bonds. The van der Waals surface area contributed by atoms with Gasteiger partial charge in [0.15, 0.2) is 17.1 Å². The molecule has 0 saturated heterocycles. The van der Waals surface area contributed by atoms with Crippen LogP contribution in [-0.2, 0) is 24.9 Å². The van der Waals surface area contributed by atoms with E-state index in [1.165, 1.54) is 29.5 Å². The maximum Gasteiger partial charge on any atom is 0.416 e. The Balaban J connectivity index is 1.70. The molecule has 0 N–H and O–H groups in total. The van der Waals surface area contributed by atoms with Gasteiger partial charge >= 0.3 is 6.18 Å². The number of aryl methyl sites for hydroxylation is 1. The van der Waals surface area contributed by atoms with E-state index in [2.05, 4.69) is 17.1 Å². The fraction of sp³-hybridized carbons (Fsp3) is 0.364. The van der Waals surface area contributed by atoms with Crippen LogP contribution in [0.3, 0.4) is 0 Å². The zero-order valence-corrected chi connectivity index (χ0v) is 17.9. The van der Waals surface area contributed by atoms with E-state index >= 15 is 0 Å². The number of halogens is 3. The minimum atomic E-state index is -4.35. The zero-order valence-electron chi connectivity index (χ0n) is 17.1. The van der Waals surface area contributed by atoms with Gasteiger partial charge in [0, 0.05) is 12.3 Å². The highest BCUT2D eigenvalue weighted by Crippen LogP contribution is 2.31. The first-order valence-corrected chi connectivity index (χ1v) is 10.8. The fourth-order valence-electron chi connectivity index (χ4n) is 3.05. The van der Waals surface area contributed by atoms with Gasteiger partial charge in [-0.1, -0.05) is 49.0 Å². The third-order valence-electron chi connectivity index (χ3n) is 4.69. The van der Waals surface area contributed by atoms with Crippen molar-refractivity contribution < 1.29 is 17.9 Å². The number of benzene rings is 2. The van der Waals surface area contributed by atoms with E-state index in [1.807, 2.05) is 42.7 Å². The lowest BCUT2D eigenvalue weighted by atomic mass is 10.1. The van der Waals surface area contributed by atoms with E-state index in [-0.39, 0.29) is 6.10 Å². The van der Waals surface area contributed by atoms with Crippen LogP contribution in [0.5, 0.6) is 5.75 Å². The number of hydrogen-bond donors (Lipinski definition) is 0. The number of aromatic nitrogens is 3. The molecular formula is C22H24F3N3OS. The van der Waals surface area contributed by atoms with Crippen LogP contribution < -0.4 is 4.74 Å². The number of rotatable bonds is 8. The summed E-state index contributed by atoms with van der Waals surface area (Å²) < 4.78 is 46.7. The van der Waals surface area contributed by atoms with Crippen molar-refractivity contribution in [2.45, 2.75) is 56.9 Å². The molecule has 160 valence electrons. The van der Waals surface area contributed by atoms with Crippen LogP contribution in [-0.4, -0.2) is 14.8 Å². The first kappa shape index (κ1) is 22.2. The molecular weight excluding hydrogens is 411 g/mol. The van der Waals surface area contributed by atoms with Gasteiger partial charge in [-0.2, -0.15) is 13.2 Å². The van der Waals surface area contributed by atoms with Crippen LogP contribution >= 0.6 is 11.8 Å². The van der Waals surface area contributed by atoms with Gasteiger partial charge in [-0.3, -0.25) is 0 Å². The second-order valence-corrected chi connectivity index (χ2v) is 7.77. The molecule has 0 bridgehead atoms. The molecule has 0 saturated carbocycles. The molecule has 3 aromatic rings. The molecule has 0 spiro atoms. The lowest BCUT2D eigenvalue weighted by Crippen LogP contribution is -2.12. The highest BCUT2D eigenvalue weighted by atomic mass is 32.2. The molecule has 4 nitrogen and oxygen atoms in total. The van der Waals surface area contributed by atoms with Gasteiger partial charge in [-0.25, -0.2) is 0 Å². The number of ether oxygens (including phenoxy) is 1. The maximum absolute atomic E-state index is 12.9. The molecule has 0 fully saturated rings. The van der Waals surface area contributed by atoms with E-state index in [4.69, 9.17) is 4.74 Å². The average molecular weight is 436 g/mol. The first-order chi connectivity index (χ1) is 14.3. The van der Waals surface area contributed by atoms with Gasteiger partial charge in [-0.05, 0) is 49.6 Å². The summed E-state index contributed by atoms with van der Waals surface area (Å²) in [6.45, 7) is 6.62. The van der Waals surface area contributed by atoms with E-state index in [0.29, 0.717) is 28.8 Å².